The molecule has 4 nitrogen and oxygen atoms in total. The molecule has 0 spiro atoms. The Labute approximate surface area is 110 Å². The third-order valence-corrected chi connectivity index (χ3v) is 3.28. The molecule has 1 amide bonds. The van der Waals surface area contributed by atoms with Crippen LogP contribution < -0.4 is 10.6 Å². The van der Waals surface area contributed by atoms with E-state index in [0.717, 1.165) is 31.6 Å². The van der Waals surface area contributed by atoms with Crippen molar-refractivity contribution in [3.05, 3.63) is 29.3 Å². The van der Waals surface area contributed by atoms with Gasteiger partial charge in [0.2, 0.25) is 0 Å². The molecular weight excluding hydrogens is 252 g/mol. The summed E-state index contributed by atoms with van der Waals surface area (Å²) in [5, 5.41) is 5.20. The predicted octanol–water partition coefficient (Wildman–Crippen LogP) is 1.44. The lowest BCUT2D eigenvalue weighted by molar-refractivity contribution is 0.0937. The van der Waals surface area contributed by atoms with Crippen molar-refractivity contribution >= 4 is 11.6 Å². The average Bonchev–Trinajstić information content (AvgIpc) is 2.74. The molecule has 1 fully saturated rings. The number of benzene rings is 1. The van der Waals surface area contributed by atoms with E-state index in [2.05, 4.69) is 15.5 Å². The molecule has 1 aromatic carbocycles. The lowest BCUT2D eigenvalue weighted by Gasteiger charge is -2.13. The topological polar surface area (TPSA) is 44.4 Å². The zero-order valence-corrected chi connectivity index (χ0v) is 11.0. The summed E-state index contributed by atoms with van der Waals surface area (Å²) in [7, 11) is 3.39. The largest absolute Gasteiger partial charge is 0.383 e. The number of likely N-dealkylation sites (N-methyl/N-ethyl adjacent to an activating group) is 1. The first kappa shape index (κ1) is 13.7. The van der Waals surface area contributed by atoms with Crippen LogP contribution in [-0.2, 0) is 0 Å². The van der Waals surface area contributed by atoms with Gasteiger partial charge in [-0.05, 0) is 32.1 Å². The molecule has 1 aliphatic rings. The Kier molecular flexibility index (Phi) is 3.99. The summed E-state index contributed by atoms with van der Waals surface area (Å²) in [5.74, 6) is -1.98. The predicted molar refractivity (Wildman–Crippen MR) is 69.3 cm³/mol. The van der Waals surface area contributed by atoms with Crippen molar-refractivity contribution in [1.82, 2.24) is 10.2 Å². The van der Waals surface area contributed by atoms with Gasteiger partial charge in [-0.15, -0.1) is 0 Å². The second-order valence-corrected chi connectivity index (χ2v) is 4.79. The number of anilines is 1. The summed E-state index contributed by atoms with van der Waals surface area (Å²) in [6.45, 7) is 1.66. The third kappa shape index (κ3) is 3.01. The van der Waals surface area contributed by atoms with Gasteiger partial charge in [-0.1, -0.05) is 0 Å². The van der Waals surface area contributed by atoms with Gasteiger partial charge in [-0.2, -0.15) is 0 Å². The molecule has 2 rings (SSSR count). The Hall–Kier alpha value is -1.69. The van der Waals surface area contributed by atoms with Crippen LogP contribution in [0.1, 0.15) is 16.8 Å². The highest BCUT2D eigenvalue weighted by Gasteiger charge is 2.22. The van der Waals surface area contributed by atoms with Crippen molar-refractivity contribution in [3.63, 3.8) is 0 Å². The number of amides is 1. The molecular formula is C13H17F2N3O. The number of nitrogens with zero attached hydrogens (tertiary/aromatic N) is 1. The molecule has 1 aliphatic heterocycles. The Morgan fingerprint density at radius 2 is 2.00 bits per heavy atom. The molecule has 0 aromatic heterocycles. The van der Waals surface area contributed by atoms with Gasteiger partial charge in [0.1, 0.15) is 17.3 Å². The van der Waals surface area contributed by atoms with E-state index in [9.17, 15) is 13.6 Å². The van der Waals surface area contributed by atoms with Crippen molar-refractivity contribution in [2.45, 2.75) is 12.5 Å². The monoisotopic (exact) mass is 269 g/mol. The zero-order valence-electron chi connectivity index (χ0n) is 11.0. The van der Waals surface area contributed by atoms with Crippen LogP contribution in [0.3, 0.4) is 0 Å². The number of hydrogen-bond acceptors (Lipinski definition) is 3. The van der Waals surface area contributed by atoms with Gasteiger partial charge in [-0.3, -0.25) is 4.79 Å². The van der Waals surface area contributed by atoms with Crippen molar-refractivity contribution in [2.75, 3.05) is 32.5 Å². The molecule has 0 radical (unpaired) electrons. The lowest BCUT2D eigenvalue weighted by atomic mass is 10.1. The van der Waals surface area contributed by atoms with Crippen LogP contribution in [0.5, 0.6) is 0 Å². The Balaban J connectivity index is 2.11. The van der Waals surface area contributed by atoms with Crippen molar-refractivity contribution in [2.24, 2.45) is 0 Å². The fraction of sp³-hybridized carbons (Fsp3) is 0.462. The minimum Gasteiger partial charge on any atom is -0.383 e. The standard InChI is InChI=1S/C13H17F2N3O/c1-16-12-10(14)5-8(6-11(12)15)13(19)17-9-3-4-18(2)7-9/h5-6,9,16H,3-4,7H2,1-2H3,(H,17,19). The highest BCUT2D eigenvalue weighted by molar-refractivity contribution is 5.94. The van der Waals surface area contributed by atoms with E-state index >= 15 is 0 Å². The van der Waals surface area contributed by atoms with Crippen molar-refractivity contribution < 1.29 is 13.6 Å². The van der Waals surface area contributed by atoms with Gasteiger partial charge in [0.25, 0.3) is 5.91 Å². The van der Waals surface area contributed by atoms with Crippen LogP contribution in [0.2, 0.25) is 0 Å². The normalized spacial score (nSPS) is 19.5. The molecule has 0 aliphatic carbocycles. The fourth-order valence-corrected chi connectivity index (χ4v) is 2.26. The van der Waals surface area contributed by atoms with Gasteiger partial charge in [0.05, 0.1) is 0 Å². The minimum absolute atomic E-state index is 0.00329. The first-order valence-corrected chi connectivity index (χ1v) is 6.17. The Morgan fingerprint density at radius 3 is 2.47 bits per heavy atom. The number of carbonyl (C=O) groups is 1. The first-order chi connectivity index (χ1) is 9.01. The molecule has 0 bridgehead atoms. The lowest BCUT2D eigenvalue weighted by Crippen LogP contribution is -2.36. The molecule has 0 saturated carbocycles. The number of carbonyl (C=O) groups excluding carboxylic acids is 1. The van der Waals surface area contributed by atoms with E-state index in [1.807, 2.05) is 7.05 Å². The van der Waals surface area contributed by atoms with Gasteiger partial charge in [-0.25, -0.2) is 8.78 Å². The number of hydrogen-bond donors (Lipinski definition) is 2. The van der Waals surface area contributed by atoms with E-state index in [-0.39, 0.29) is 17.3 Å². The van der Waals surface area contributed by atoms with E-state index in [1.165, 1.54) is 7.05 Å². The maximum absolute atomic E-state index is 13.6. The molecule has 6 heteroatoms. The van der Waals surface area contributed by atoms with Crippen molar-refractivity contribution in [3.8, 4) is 0 Å². The van der Waals surface area contributed by atoms with Gasteiger partial charge >= 0.3 is 0 Å². The molecule has 1 atom stereocenters. The summed E-state index contributed by atoms with van der Waals surface area (Å²) >= 11 is 0. The smallest absolute Gasteiger partial charge is 0.251 e. The third-order valence-electron chi connectivity index (χ3n) is 3.28. The zero-order chi connectivity index (χ0) is 14.0. The molecule has 1 saturated heterocycles. The molecule has 1 heterocycles. The van der Waals surface area contributed by atoms with E-state index in [4.69, 9.17) is 0 Å². The van der Waals surface area contributed by atoms with Crippen molar-refractivity contribution in [1.29, 1.82) is 0 Å². The van der Waals surface area contributed by atoms with E-state index in [1.54, 1.807) is 0 Å². The summed E-state index contributed by atoms with van der Waals surface area (Å²) < 4.78 is 27.1. The second kappa shape index (κ2) is 5.52. The summed E-state index contributed by atoms with van der Waals surface area (Å²) in [5.41, 5.74) is -0.222. The number of likely N-dealkylation sites (tertiary alicyclic amines) is 1. The molecule has 104 valence electrons. The van der Waals surface area contributed by atoms with Crippen LogP contribution >= 0.6 is 0 Å². The van der Waals surface area contributed by atoms with Crippen LogP contribution in [0, 0.1) is 11.6 Å². The number of nitrogens with one attached hydrogen (secondary N) is 2. The second-order valence-electron chi connectivity index (χ2n) is 4.79. The van der Waals surface area contributed by atoms with E-state index in [0.29, 0.717) is 0 Å². The molecule has 1 unspecified atom stereocenters. The first-order valence-electron chi connectivity index (χ1n) is 6.17. The van der Waals surface area contributed by atoms with Gasteiger partial charge < -0.3 is 15.5 Å². The van der Waals surface area contributed by atoms with Crippen LogP contribution in [0.4, 0.5) is 14.5 Å². The Bertz CT molecular complexity index is 470. The summed E-state index contributed by atoms with van der Waals surface area (Å²) in [4.78, 5) is 14.0. The number of rotatable bonds is 3. The van der Waals surface area contributed by atoms with Crippen LogP contribution in [-0.4, -0.2) is 44.0 Å². The highest BCUT2D eigenvalue weighted by atomic mass is 19.1. The van der Waals surface area contributed by atoms with E-state index < -0.39 is 17.5 Å². The highest BCUT2D eigenvalue weighted by Crippen LogP contribution is 2.20. The quantitative estimate of drug-likeness (QED) is 0.872. The van der Waals surface area contributed by atoms with Crippen LogP contribution in [0.25, 0.3) is 0 Å². The maximum Gasteiger partial charge on any atom is 0.251 e. The summed E-state index contributed by atoms with van der Waals surface area (Å²) in [6.07, 6.45) is 0.849. The Morgan fingerprint density at radius 1 is 1.37 bits per heavy atom. The molecule has 2 N–H and O–H groups in total. The fourth-order valence-electron chi connectivity index (χ4n) is 2.26. The SMILES string of the molecule is CNc1c(F)cc(C(=O)NC2CCN(C)C2)cc1F. The minimum atomic E-state index is -0.767. The number of halogens is 2. The van der Waals surface area contributed by atoms with Gasteiger partial charge in [0.15, 0.2) is 0 Å². The van der Waals surface area contributed by atoms with Crippen LogP contribution in [0.15, 0.2) is 12.1 Å². The maximum atomic E-state index is 13.6. The molecule has 19 heavy (non-hydrogen) atoms. The van der Waals surface area contributed by atoms with Gasteiger partial charge in [0, 0.05) is 25.2 Å². The summed E-state index contributed by atoms with van der Waals surface area (Å²) in [6, 6.07) is 2.12. The average molecular weight is 269 g/mol. The molecule has 1 aromatic rings.